The zero-order valence-electron chi connectivity index (χ0n) is 16.3. The number of pyridine rings is 1. The minimum Gasteiger partial charge on any atom is -0.483 e. The second kappa shape index (κ2) is 7.81. The molecule has 6 nitrogen and oxygen atoms in total. The maximum atomic E-state index is 13.1. The fraction of sp³-hybridized carbons (Fsp3) is 0.409. The molecule has 0 aliphatic carbocycles. The van der Waals surface area contributed by atoms with Gasteiger partial charge in [0.05, 0.1) is 0 Å². The van der Waals surface area contributed by atoms with Crippen LogP contribution in [0.5, 0.6) is 5.75 Å². The number of likely N-dealkylation sites (tertiary alicyclic amines) is 1. The highest BCUT2D eigenvalue weighted by Gasteiger charge is 2.36. The Bertz CT molecular complexity index is 1010. The topological polar surface area (TPSA) is 68.6 Å². The van der Waals surface area contributed by atoms with Crippen molar-refractivity contribution in [3.63, 3.8) is 0 Å². The molecule has 1 amide bonds. The van der Waals surface area contributed by atoms with Crippen molar-refractivity contribution in [3.05, 3.63) is 63.3 Å². The fourth-order valence-corrected chi connectivity index (χ4v) is 4.17. The molecule has 2 aliphatic rings. The van der Waals surface area contributed by atoms with Gasteiger partial charge in [0, 0.05) is 24.3 Å². The van der Waals surface area contributed by atoms with Crippen molar-refractivity contribution >= 4 is 11.7 Å². The van der Waals surface area contributed by atoms with E-state index in [-0.39, 0.29) is 29.9 Å². The molecule has 0 radical (unpaired) electrons. The summed E-state index contributed by atoms with van der Waals surface area (Å²) in [4.78, 5) is 40.1. The third kappa shape index (κ3) is 3.69. The predicted molar refractivity (Wildman–Crippen MR) is 105 cm³/mol. The predicted octanol–water partition coefficient (Wildman–Crippen LogP) is 2.88. The van der Waals surface area contributed by atoms with E-state index in [1.807, 2.05) is 0 Å². The molecule has 0 spiro atoms. The minimum absolute atomic E-state index is 0.0318. The molecule has 29 heavy (non-hydrogen) atoms. The van der Waals surface area contributed by atoms with Crippen molar-refractivity contribution in [2.45, 2.75) is 45.3 Å². The molecule has 4 rings (SSSR count). The van der Waals surface area contributed by atoms with E-state index >= 15 is 0 Å². The summed E-state index contributed by atoms with van der Waals surface area (Å²) >= 11 is 0. The Kier molecular flexibility index (Phi) is 5.22. The quantitative estimate of drug-likeness (QED) is 0.727. The van der Waals surface area contributed by atoms with Gasteiger partial charge in [0.15, 0.2) is 11.5 Å². The maximum absolute atomic E-state index is 13.1. The van der Waals surface area contributed by atoms with Crippen molar-refractivity contribution < 1.29 is 18.7 Å². The Morgan fingerprint density at radius 3 is 2.52 bits per heavy atom. The van der Waals surface area contributed by atoms with Crippen LogP contribution in [0.4, 0.5) is 4.39 Å². The highest BCUT2D eigenvalue weighted by atomic mass is 19.1. The van der Waals surface area contributed by atoms with Gasteiger partial charge in [0.25, 0.3) is 5.56 Å². The molecule has 3 heterocycles. The number of nitrogens with zero attached hydrogens (tertiary/aromatic N) is 2. The Balaban J connectivity index is 1.68. The molecular formula is C22H23FN2O4. The van der Waals surface area contributed by atoms with E-state index in [1.54, 1.807) is 17.0 Å². The summed E-state index contributed by atoms with van der Waals surface area (Å²) < 4.78 is 20.2. The molecule has 1 fully saturated rings. The van der Waals surface area contributed by atoms with Crippen LogP contribution in [0.2, 0.25) is 0 Å². The summed E-state index contributed by atoms with van der Waals surface area (Å²) in [5, 5.41) is 0. The number of ketones is 1. The number of halogens is 1. The van der Waals surface area contributed by atoms with Crippen molar-refractivity contribution in [3.8, 4) is 5.75 Å². The van der Waals surface area contributed by atoms with Gasteiger partial charge in [-0.25, -0.2) is 4.39 Å². The standard InChI is InChI=1S/C22H23FN2O4/c1-14(26)17-12-20(29-13-15-4-6-16(23)7-5-15)22(28)25-18(17)8-9-19(25)21(27)24-10-2-3-11-24/h4-7,12,19H,2-3,8-11,13H2,1H3/t19-/m0/s1. The lowest BCUT2D eigenvalue weighted by molar-refractivity contribution is -0.133. The first-order chi connectivity index (χ1) is 14.0. The fourth-order valence-electron chi connectivity index (χ4n) is 4.17. The molecule has 1 saturated heterocycles. The van der Waals surface area contributed by atoms with Gasteiger partial charge in [-0.3, -0.25) is 19.0 Å². The summed E-state index contributed by atoms with van der Waals surface area (Å²) in [6.07, 6.45) is 2.96. The summed E-state index contributed by atoms with van der Waals surface area (Å²) in [5.41, 5.74) is 1.32. The molecule has 0 saturated carbocycles. The maximum Gasteiger partial charge on any atom is 0.293 e. The molecule has 0 unspecified atom stereocenters. The van der Waals surface area contributed by atoms with Gasteiger partial charge in [-0.15, -0.1) is 0 Å². The van der Waals surface area contributed by atoms with Gasteiger partial charge in [-0.1, -0.05) is 12.1 Å². The number of Topliss-reactive ketones (excluding diaryl/α,β-unsaturated/α-hetero) is 1. The number of hydrogen-bond donors (Lipinski definition) is 0. The lowest BCUT2D eigenvalue weighted by Crippen LogP contribution is -2.38. The summed E-state index contributed by atoms with van der Waals surface area (Å²) in [6, 6.07) is 6.67. The number of rotatable bonds is 5. The van der Waals surface area contributed by atoms with E-state index in [1.165, 1.54) is 29.7 Å². The van der Waals surface area contributed by atoms with Crippen LogP contribution in [0.15, 0.2) is 35.1 Å². The largest absolute Gasteiger partial charge is 0.483 e. The third-order valence-corrected chi connectivity index (χ3v) is 5.66. The molecule has 1 aromatic heterocycles. The smallest absolute Gasteiger partial charge is 0.293 e. The first-order valence-electron chi connectivity index (χ1n) is 9.91. The van der Waals surface area contributed by atoms with Gasteiger partial charge in [0.2, 0.25) is 5.91 Å². The van der Waals surface area contributed by atoms with E-state index in [4.69, 9.17) is 4.74 Å². The lowest BCUT2D eigenvalue weighted by Gasteiger charge is -2.22. The molecule has 1 atom stereocenters. The van der Waals surface area contributed by atoms with Crippen LogP contribution in [0.1, 0.15) is 53.8 Å². The van der Waals surface area contributed by atoms with Gasteiger partial charge >= 0.3 is 0 Å². The summed E-state index contributed by atoms with van der Waals surface area (Å²) in [5.74, 6) is -0.555. The number of carbonyl (C=O) groups is 2. The van der Waals surface area contributed by atoms with Gasteiger partial charge < -0.3 is 9.64 Å². The van der Waals surface area contributed by atoms with Gasteiger partial charge in [0.1, 0.15) is 18.5 Å². The molecule has 0 bridgehead atoms. The van der Waals surface area contributed by atoms with E-state index < -0.39 is 11.6 Å². The Morgan fingerprint density at radius 1 is 1.17 bits per heavy atom. The van der Waals surface area contributed by atoms with Crippen molar-refractivity contribution in [2.75, 3.05) is 13.1 Å². The summed E-state index contributed by atoms with van der Waals surface area (Å²) in [7, 11) is 0. The van der Waals surface area contributed by atoms with Crippen LogP contribution in [-0.2, 0) is 17.8 Å². The highest BCUT2D eigenvalue weighted by Crippen LogP contribution is 2.31. The Morgan fingerprint density at radius 2 is 1.86 bits per heavy atom. The van der Waals surface area contributed by atoms with Crippen LogP contribution in [0, 0.1) is 5.82 Å². The van der Waals surface area contributed by atoms with E-state index in [0.717, 1.165) is 12.8 Å². The molecule has 0 N–H and O–H groups in total. The monoisotopic (exact) mass is 398 g/mol. The van der Waals surface area contributed by atoms with Crippen LogP contribution < -0.4 is 10.3 Å². The van der Waals surface area contributed by atoms with Crippen LogP contribution in [0.3, 0.4) is 0 Å². The molecular weight excluding hydrogens is 375 g/mol. The number of aromatic nitrogens is 1. The number of fused-ring (bicyclic) bond motifs is 1. The normalized spacial score (nSPS) is 18.0. The van der Waals surface area contributed by atoms with E-state index in [0.29, 0.717) is 42.8 Å². The number of hydrogen-bond acceptors (Lipinski definition) is 4. The van der Waals surface area contributed by atoms with Crippen LogP contribution in [-0.4, -0.2) is 34.2 Å². The van der Waals surface area contributed by atoms with Crippen LogP contribution >= 0.6 is 0 Å². The average Bonchev–Trinajstić information content (AvgIpc) is 3.38. The molecule has 152 valence electrons. The molecule has 2 aliphatic heterocycles. The molecule has 1 aromatic carbocycles. The number of benzene rings is 1. The number of carbonyl (C=O) groups excluding carboxylic acids is 2. The van der Waals surface area contributed by atoms with Crippen molar-refractivity contribution in [1.29, 1.82) is 0 Å². The Labute approximate surface area is 167 Å². The van der Waals surface area contributed by atoms with E-state index in [9.17, 15) is 18.8 Å². The zero-order valence-corrected chi connectivity index (χ0v) is 16.3. The van der Waals surface area contributed by atoms with E-state index in [2.05, 4.69) is 0 Å². The zero-order chi connectivity index (χ0) is 20.5. The minimum atomic E-state index is -0.594. The van der Waals surface area contributed by atoms with Crippen molar-refractivity contribution in [2.24, 2.45) is 0 Å². The van der Waals surface area contributed by atoms with Gasteiger partial charge in [-0.05, 0) is 56.4 Å². The third-order valence-electron chi connectivity index (χ3n) is 5.66. The lowest BCUT2D eigenvalue weighted by atomic mass is 10.1. The number of ether oxygens (including phenoxy) is 1. The second-order valence-electron chi connectivity index (χ2n) is 7.60. The SMILES string of the molecule is CC(=O)c1cc(OCc2ccc(F)cc2)c(=O)n2c1CC[C@H]2C(=O)N1CCCC1. The summed E-state index contributed by atoms with van der Waals surface area (Å²) in [6.45, 7) is 2.93. The number of amides is 1. The Hall–Kier alpha value is -2.96. The van der Waals surface area contributed by atoms with Crippen molar-refractivity contribution in [1.82, 2.24) is 9.47 Å². The van der Waals surface area contributed by atoms with Crippen LogP contribution in [0.25, 0.3) is 0 Å². The first kappa shape index (κ1) is 19.4. The highest BCUT2D eigenvalue weighted by molar-refractivity contribution is 5.96. The second-order valence-corrected chi connectivity index (χ2v) is 7.60. The molecule has 2 aromatic rings. The first-order valence-corrected chi connectivity index (χ1v) is 9.91. The average molecular weight is 398 g/mol. The molecule has 7 heteroatoms. The van der Waals surface area contributed by atoms with Gasteiger partial charge in [-0.2, -0.15) is 0 Å².